The van der Waals surface area contributed by atoms with Gasteiger partial charge < -0.3 is 19.4 Å². The molecule has 0 saturated carbocycles. The van der Waals surface area contributed by atoms with Crippen molar-refractivity contribution in [2.75, 3.05) is 36.2 Å². The number of esters is 1. The van der Waals surface area contributed by atoms with Gasteiger partial charge in [0.25, 0.3) is 6.20 Å². The quantitative estimate of drug-likeness (QED) is 0.429. The largest absolute Gasteiger partial charge is 0.578 e. The van der Waals surface area contributed by atoms with Gasteiger partial charge in [0.15, 0.2) is 5.91 Å². The van der Waals surface area contributed by atoms with Crippen LogP contribution in [-0.4, -0.2) is 48.3 Å². The second-order valence-electron chi connectivity index (χ2n) is 3.66. The Labute approximate surface area is 114 Å². The number of carbonyl (C=O) groups excluding carboxylic acids is 2. The summed E-state index contributed by atoms with van der Waals surface area (Å²) in [7, 11) is 0. The molecule has 0 bridgehead atoms. The number of amides is 1. The average Bonchev–Trinajstić information content (AvgIpc) is 2.88. The molecular formula is C10H14N4O4S. The number of nitrogens with zero attached hydrogens (tertiary/aromatic N) is 4. The van der Waals surface area contributed by atoms with Gasteiger partial charge >= 0.3 is 5.97 Å². The smallest absolute Gasteiger partial charge is 0.356 e. The Kier molecular flexibility index (Phi) is 4.61. The molecule has 0 atom stereocenters. The van der Waals surface area contributed by atoms with Gasteiger partial charge in [-0.3, -0.25) is 0 Å². The molecule has 0 N–H and O–H groups in total. The Morgan fingerprint density at radius 3 is 3.00 bits per heavy atom. The van der Waals surface area contributed by atoms with Crippen molar-refractivity contribution < 1.29 is 23.6 Å². The van der Waals surface area contributed by atoms with Crippen molar-refractivity contribution in [1.29, 1.82) is 0 Å². The summed E-state index contributed by atoms with van der Waals surface area (Å²) in [6, 6.07) is 0. The van der Waals surface area contributed by atoms with Gasteiger partial charge in [-0.05, 0) is 6.92 Å². The van der Waals surface area contributed by atoms with Gasteiger partial charge in [-0.2, -0.15) is 16.8 Å². The summed E-state index contributed by atoms with van der Waals surface area (Å²) in [5, 5.41) is 9.22. The highest BCUT2D eigenvalue weighted by Crippen LogP contribution is 2.15. The molecule has 19 heavy (non-hydrogen) atoms. The summed E-state index contributed by atoms with van der Waals surface area (Å²) in [5.74, 6) is -0.00204. The van der Waals surface area contributed by atoms with E-state index in [2.05, 4.69) is 15.3 Å². The Bertz CT molecular complexity index is 458. The highest BCUT2D eigenvalue weighted by atomic mass is 32.2. The SMILES string of the molecule is CCOC(=O)C(=O)[N-]c1c[n+](N2CCSCC2)no1. The lowest BCUT2D eigenvalue weighted by atomic mass is 10.6. The molecule has 1 amide bonds. The molecule has 0 aromatic carbocycles. The summed E-state index contributed by atoms with van der Waals surface area (Å²) < 4.78 is 9.42. The second kappa shape index (κ2) is 6.41. The van der Waals surface area contributed by atoms with E-state index in [0.717, 1.165) is 24.6 Å². The molecule has 1 aliphatic rings. The number of hydrogen-bond donors (Lipinski definition) is 0. The van der Waals surface area contributed by atoms with E-state index in [1.165, 1.54) is 11.0 Å². The maximum absolute atomic E-state index is 11.3. The van der Waals surface area contributed by atoms with Gasteiger partial charge in [0.05, 0.1) is 24.5 Å². The molecule has 2 heterocycles. The van der Waals surface area contributed by atoms with E-state index in [9.17, 15) is 9.59 Å². The third kappa shape index (κ3) is 3.60. The number of ether oxygens (including phenoxy) is 1. The van der Waals surface area contributed by atoms with Crippen LogP contribution in [0, 0.1) is 0 Å². The van der Waals surface area contributed by atoms with Gasteiger partial charge in [0.1, 0.15) is 5.88 Å². The molecule has 1 aromatic heterocycles. The fraction of sp³-hybridized carbons (Fsp3) is 0.600. The Morgan fingerprint density at radius 2 is 2.32 bits per heavy atom. The predicted octanol–water partition coefficient (Wildman–Crippen LogP) is -0.258. The molecule has 1 aliphatic heterocycles. The van der Waals surface area contributed by atoms with E-state index in [1.54, 1.807) is 6.92 Å². The minimum atomic E-state index is -1.00. The topological polar surface area (TPSA) is 90.6 Å². The summed E-state index contributed by atoms with van der Waals surface area (Å²) in [4.78, 5) is 23.9. The van der Waals surface area contributed by atoms with E-state index in [-0.39, 0.29) is 12.5 Å². The van der Waals surface area contributed by atoms with Gasteiger partial charge in [-0.25, -0.2) is 4.79 Å². The van der Waals surface area contributed by atoms with Crippen LogP contribution in [0.1, 0.15) is 6.92 Å². The fourth-order valence-electron chi connectivity index (χ4n) is 1.51. The highest BCUT2D eigenvalue weighted by molar-refractivity contribution is 7.99. The van der Waals surface area contributed by atoms with Crippen molar-refractivity contribution in [3.8, 4) is 0 Å². The van der Waals surface area contributed by atoms with Crippen molar-refractivity contribution in [1.82, 2.24) is 5.27 Å². The molecule has 0 unspecified atom stereocenters. The van der Waals surface area contributed by atoms with E-state index in [1.807, 2.05) is 16.8 Å². The molecule has 1 aromatic rings. The number of carbonyl (C=O) groups is 2. The molecule has 0 aliphatic carbocycles. The van der Waals surface area contributed by atoms with E-state index in [0.29, 0.717) is 0 Å². The van der Waals surface area contributed by atoms with Crippen molar-refractivity contribution in [3.63, 3.8) is 0 Å². The van der Waals surface area contributed by atoms with Crippen LogP contribution in [0.4, 0.5) is 5.88 Å². The van der Waals surface area contributed by atoms with Crippen LogP contribution in [-0.2, 0) is 14.3 Å². The minimum Gasteiger partial charge on any atom is -0.578 e. The van der Waals surface area contributed by atoms with Crippen molar-refractivity contribution in [2.45, 2.75) is 6.92 Å². The Hall–Kier alpha value is -1.77. The highest BCUT2D eigenvalue weighted by Gasteiger charge is 2.21. The van der Waals surface area contributed by atoms with Crippen molar-refractivity contribution in [3.05, 3.63) is 11.5 Å². The molecule has 0 spiro atoms. The lowest BCUT2D eigenvalue weighted by Crippen LogP contribution is -2.61. The molecule has 8 nitrogen and oxygen atoms in total. The molecule has 1 fully saturated rings. The Balaban J connectivity index is 1.93. The van der Waals surface area contributed by atoms with Crippen molar-refractivity contribution >= 4 is 29.5 Å². The summed E-state index contributed by atoms with van der Waals surface area (Å²) in [6.07, 6.45) is 1.47. The van der Waals surface area contributed by atoms with Gasteiger partial charge in [0.2, 0.25) is 5.27 Å². The van der Waals surface area contributed by atoms with Crippen LogP contribution in [0.15, 0.2) is 10.7 Å². The summed E-state index contributed by atoms with van der Waals surface area (Å²) in [6.45, 7) is 3.42. The number of rotatable bonds is 3. The summed E-state index contributed by atoms with van der Waals surface area (Å²) in [5.41, 5.74) is 0. The van der Waals surface area contributed by atoms with Crippen LogP contribution >= 0.6 is 11.8 Å². The van der Waals surface area contributed by atoms with Gasteiger partial charge in [-0.15, -0.1) is 0 Å². The van der Waals surface area contributed by atoms with E-state index >= 15 is 0 Å². The fourth-order valence-corrected chi connectivity index (χ4v) is 2.39. The van der Waals surface area contributed by atoms with Crippen LogP contribution in [0.2, 0.25) is 0 Å². The number of hydrogen-bond acceptors (Lipinski definition) is 7. The predicted molar refractivity (Wildman–Crippen MR) is 66.6 cm³/mol. The number of thioether (sulfide) groups is 1. The zero-order valence-corrected chi connectivity index (χ0v) is 11.3. The van der Waals surface area contributed by atoms with E-state index < -0.39 is 11.9 Å². The molecule has 1 saturated heterocycles. The first-order chi connectivity index (χ1) is 9.20. The zero-order chi connectivity index (χ0) is 13.7. The minimum absolute atomic E-state index is 0.0173. The normalized spacial score (nSPS) is 15.1. The second-order valence-corrected chi connectivity index (χ2v) is 4.89. The summed E-state index contributed by atoms with van der Waals surface area (Å²) >= 11 is 1.87. The van der Waals surface area contributed by atoms with Crippen LogP contribution in [0.3, 0.4) is 0 Å². The third-order valence-electron chi connectivity index (χ3n) is 2.38. The van der Waals surface area contributed by atoms with Crippen molar-refractivity contribution in [2.24, 2.45) is 0 Å². The molecule has 104 valence electrons. The first kappa shape index (κ1) is 13.7. The zero-order valence-electron chi connectivity index (χ0n) is 10.4. The number of aromatic nitrogens is 2. The van der Waals surface area contributed by atoms with Gasteiger partial charge in [-0.1, -0.05) is 0 Å². The standard InChI is InChI=1S/C10H14N4O4S/c1-2-17-10(16)9(15)11-8-7-14(12-18-8)13-3-5-19-6-4-13/h7H,2-6H2,1H3. The molecular weight excluding hydrogens is 272 g/mol. The van der Waals surface area contributed by atoms with Crippen LogP contribution < -0.4 is 9.80 Å². The average molecular weight is 286 g/mol. The Morgan fingerprint density at radius 1 is 1.58 bits per heavy atom. The lowest BCUT2D eigenvalue weighted by Gasteiger charge is -2.17. The first-order valence-electron chi connectivity index (χ1n) is 5.85. The first-order valence-corrected chi connectivity index (χ1v) is 7.00. The monoisotopic (exact) mass is 286 g/mol. The maximum Gasteiger partial charge on any atom is 0.356 e. The molecule has 0 radical (unpaired) electrons. The van der Waals surface area contributed by atoms with Crippen LogP contribution in [0.5, 0.6) is 0 Å². The van der Waals surface area contributed by atoms with E-state index in [4.69, 9.17) is 4.52 Å². The molecule has 9 heteroatoms. The van der Waals surface area contributed by atoms with Crippen LogP contribution in [0.25, 0.3) is 5.32 Å². The van der Waals surface area contributed by atoms with Gasteiger partial charge in [0, 0.05) is 11.5 Å². The lowest BCUT2D eigenvalue weighted by molar-refractivity contribution is -0.757. The third-order valence-corrected chi connectivity index (χ3v) is 3.33. The maximum atomic E-state index is 11.3. The molecule has 2 rings (SSSR count).